The van der Waals surface area contributed by atoms with Crippen LogP contribution in [0.25, 0.3) is 11.1 Å². The smallest absolute Gasteiger partial charge is 0.408 e. The van der Waals surface area contributed by atoms with Gasteiger partial charge < -0.3 is 10.2 Å². The Balaban J connectivity index is 2.07. The van der Waals surface area contributed by atoms with Gasteiger partial charge in [-0.2, -0.15) is 0 Å². The lowest BCUT2D eigenvalue weighted by molar-refractivity contribution is 0.517. The Labute approximate surface area is 107 Å². The molecule has 0 unspecified atom stereocenters. The van der Waals surface area contributed by atoms with Crippen LogP contribution < -0.4 is 11.5 Å². The molecule has 3 rings (SSSR count). The molecule has 0 saturated carbocycles. The number of oxazole rings is 1. The van der Waals surface area contributed by atoms with Gasteiger partial charge in [0, 0.05) is 11.8 Å². The Morgan fingerprint density at radius 2 is 1.89 bits per heavy atom. The number of anilines is 1. The Bertz CT molecular complexity index is 787. The van der Waals surface area contributed by atoms with Crippen LogP contribution >= 0.6 is 0 Å². The molecule has 0 aliphatic carbocycles. The first-order valence-electron chi connectivity index (χ1n) is 5.77. The van der Waals surface area contributed by atoms with Crippen molar-refractivity contribution >= 4 is 16.8 Å². The molecule has 0 bridgehead atoms. The maximum Gasteiger partial charge on any atom is 0.420 e. The van der Waals surface area contributed by atoms with Crippen molar-refractivity contribution in [3.8, 4) is 0 Å². The number of hydrogen-bond donors (Lipinski definition) is 1. The fourth-order valence-corrected chi connectivity index (χ4v) is 2.01. The zero-order valence-corrected chi connectivity index (χ0v) is 9.97. The predicted molar refractivity (Wildman–Crippen MR) is 70.4 cm³/mol. The van der Waals surface area contributed by atoms with Gasteiger partial charge in [-0.15, -0.1) is 0 Å². The third-order valence-corrected chi connectivity index (χ3v) is 2.95. The molecule has 4 nitrogen and oxygen atoms in total. The van der Waals surface area contributed by atoms with Gasteiger partial charge in [0.15, 0.2) is 5.58 Å². The van der Waals surface area contributed by atoms with Gasteiger partial charge in [-0.3, -0.25) is 4.57 Å². The molecule has 3 aromatic rings. The lowest BCUT2D eigenvalue weighted by Crippen LogP contribution is -2.14. The normalized spacial score (nSPS) is 11.0. The minimum absolute atomic E-state index is 0.305. The fourth-order valence-electron chi connectivity index (χ4n) is 2.01. The van der Waals surface area contributed by atoms with Crippen molar-refractivity contribution in [2.45, 2.75) is 6.54 Å². The van der Waals surface area contributed by atoms with Crippen LogP contribution in [0.1, 0.15) is 5.56 Å². The van der Waals surface area contributed by atoms with Gasteiger partial charge in [-0.1, -0.05) is 12.1 Å². The van der Waals surface area contributed by atoms with E-state index in [4.69, 9.17) is 10.2 Å². The van der Waals surface area contributed by atoms with Crippen LogP contribution in [0.15, 0.2) is 51.7 Å². The van der Waals surface area contributed by atoms with E-state index in [9.17, 15) is 9.18 Å². The highest BCUT2D eigenvalue weighted by atomic mass is 19.1. The van der Waals surface area contributed by atoms with E-state index in [1.807, 2.05) is 0 Å². The standard InChI is InChI=1S/C14H11FN2O2/c15-10-3-1-9(2-4-10)8-17-12-6-5-11(16)7-13(12)19-14(17)18/h1-7H,8,16H2. The summed E-state index contributed by atoms with van der Waals surface area (Å²) in [6.07, 6.45) is 0. The number of aromatic nitrogens is 1. The lowest BCUT2D eigenvalue weighted by Gasteiger charge is -2.02. The summed E-state index contributed by atoms with van der Waals surface area (Å²) in [5.41, 5.74) is 8.12. The van der Waals surface area contributed by atoms with Crippen LogP contribution in [-0.2, 0) is 6.54 Å². The topological polar surface area (TPSA) is 61.2 Å². The average molecular weight is 258 g/mol. The number of hydrogen-bond acceptors (Lipinski definition) is 3. The van der Waals surface area contributed by atoms with Gasteiger partial charge in [0.1, 0.15) is 5.82 Å². The van der Waals surface area contributed by atoms with Crippen molar-refractivity contribution in [2.75, 3.05) is 5.73 Å². The van der Waals surface area contributed by atoms with Crippen molar-refractivity contribution in [3.63, 3.8) is 0 Å². The molecule has 2 aromatic carbocycles. The molecule has 0 amide bonds. The van der Waals surface area contributed by atoms with E-state index in [1.165, 1.54) is 16.7 Å². The third-order valence-electron chi connectivity index (χ3n) is 2.95. The molecule has 2 N–H and O–H groups in total. The number of rotatable bonds is 2. The first-order chi connectivity index (χ1) is 9.13. The molecule has 0 saturated heterocycles. The molecule has 5 heteroatoms. The first-order valence-corrected chi connectivity index (χ1v) is 5.77. The maximum atomic E-state index is 12.8. The van der Waals surface area contributed by atoms with Gasteiger partial charge in [0.2, 0.25) is 0 Å². The second-order valence-electron chi connectivity index (χ2n) is 4.31. The summed E-state index contributed by atoms with van der Waals surface area (Å²) in [5.74, 6) is -0.758. The number of halogens is 1. The van der Waals surface area contributed by atoms with Crippen molar-refractivity contribution in [1.29, 1.82) is 0 Å². The van der Waals surface area contributed by atoms with E-state index in [0.29, 0.717) is 23.3 Å². The highest BCUT2D eigenvalue weighted by molar-refractivity contribution is 5.76. The van der Waals surface area contributed by atoms with Crippen LogP contribution in [0.2, 0.25) is 0 Å². The molecule has 0 atom stereocenters. The van der Waals surface area contributed by atoms with E-state index < -0.39 is 5.76 Å². The van der Waals surface area contributed by atoms with Gasteiger partial charge in [0.25, 0.3) is 0 Å². The van der Waals surface area contributed by atoms with Crippen LogP contribution in [-0.4, -0.2) is 4.57 Å². The summed E-state index contributed by atoms with van der Waals surface area (Å²) in [7, 11) is 0. The van der Waals surface area contributed by atoms with Crippen molar-refractivity contribution in [1.82, 2.24) is 4.57 Å². The van der Waals surface area contributed by atoms with Crippen LogP contribution in [0.5, 0.6) is 0 Å². The minimum atomic E-state index is -0.454. The molecule has 96 valence electrons. The molecule has 1 heterocycles. The van der Waals surface area contributed by atoms with Crippen molar-refractivity contribution < 1.29 is 8.81 Å². The molecular formula is C14H11FN2O2. The first kappa shape index (κ1) is 11.5. The van der Waals surface area contributed by atoms with Gasteiger partial charge >= 0.3 is 5.76 Å². The quantitative estimate of drug-likeness (QED) is 0.718. The highest BCUT2D eigenvalue weighted by Crippen LogP contribution is 2.17. The fraction of sp³-hybridized carbons (Fsp3) is 0.0714. The van der Waals surface area contributed by atoms with Crippen molar-refractivity contribution in [2.24, 2.45) is 0 Å². The Morgan fingerprint density at radius 3 is 2.63 bits per heavy atom. The second-order valence-corrected chi connectivity index (χ2v) is 4.31. The van der Waals surface area contributed by atoms with E-state index in [2.05, 4.69) is 0 Å². The monoisotopic (exact) mass is 258 g/mol. The summed E-state index contributed by atoms with van der Waals surface area (Å²) in [6.45, 7) is 0.329. The molecule has 0 spiro atoms. The van der Waals surface area contributed by atoms with E-state index in [-0.39, 0.29) is 5.82 Å². The zero-order valence-electron chi connectivity index (χ0n) is 9.97. The number of nitrogens with two attached hydrogens (primary N) is 1. The summed E-state index contributed by atoms with van der Waals surface area (Å²) in [6, 6.07) is 11.0. The molecule has 1 aromatic heterocycles. The summed E-state index contributed by atoms with van der Waals surface area (Å²) in [5, 5.41) is 0. The largest absolute Gasteiger partial charge is 0.420 e. The predicted octanol–water partition coefficient (Wildman–Crippen LogP) is 2.36. The average Bonchev–Trinajstić information content (AvgIpc) is 2.68. The Kier molecular flexibility index (Phi) is 2.59. The van der Waals surface area contributed by atoms with Gasteiger partial charge in [-0.25, -0.2) is 9.18 Å². The second kappa shape index (κ2) is 4.28. The summed E-state index contributed by atoms with van der Waals surface area (Å²) < 4.78 is 19.5. The molecule has 0 aliphatic rings. The number of nitrogens with zero attached hydrogens (tertiary/aromatic N) is 1. The molecular weight excluding hydrogens is 247 g/mol. The van der Waals surface area contributed by atoms with E-state index >= 15 is 0 Å². The van der Waals surface area contributed by atoms with E-state index in [1.54, 1.807) is 30.3 Å². The minimum Gasteiger partial charge on any atom is -0.408 e. The Hall–Kier alpha value is -2.56. The molecule has 19 heavy (non-hydrogen) atoms. The van der Waals surface area contributed by atoms with E-state index in [0.717, 1.165) is 5.56 Å². The molecule has 0 fully saturated rings. The van der Waals surface area contributed by atoms with Crippen LogP contribution in [0.4, 0.5) is 10.1 Å². The zero-order chi connectivity index (χ0) is 13.4. The molecule has 0 aliphatic heterocycles. The third kappa shape index (κ3) is 2.10. The molecule has 0 radical (unpaired) electrons. The van der Waals surface area contributed by atoms with Crippen LogP contribution in [0.3, 0.4) is 0 Å². The summed E-state index contributed by atoms with van der Waals surface area (Å²) >= 11 is 0. The van der Waals surface area contributed by atoms with Gasteiger partial charge in [0.05, 0.1) is 12.1 Å². The number of fused-ring (bicyclic) bond motifs is 1. The highest BCUT2D eigenvalue weighted by Gasteiger charge is 2.09. The number of nitrogen functional groups attached to an aromatic ring is 1. The van der Waals surface area contributed by atoms with Gasteiger partial charge in [-0.05, 0) is 29.8 Å². The summed E-state index contributed by atoms with van der Waals surface area (Å²) in [4.78, 5) is 11.8. The Morgan fingerprint density at radius 1 is 1.16 bits per heavy atom. The van der Waals surface area contributed by atoms with Crippen molar-refractivity contribution in [3.05, 3.63) is 64.4 Å². The number of benzene rings is 2. The lowest BCUT2D eigenvalue weighted by atomic mass is 10.2. The van der Waals surface area contributed by atoms with Crippen LogP contribution in [0, 0.1) is 5.82 Å². The SMILES string of the molecule is Nc1ccc2c(c1)oc(=O)n2Cc1ccc(F)cc1. The maximum absolute atomic E-state index is 12.8.